The Morgan fingerprint density at radius 1 is 1.22 bits per heavy atom. The molecule has 2 amide bonds. The third-order valence-corrected chi connectivity index (χ3v) is 4.26. The molecule has 1 heterocycles. The lowest BCUT2D eigenvalue weighted by Gasteiger charge is -2.34. The summed E-state index contributed by atoms with van der Waals surface area (Å²) in [6, 6.07) is 2.84. The number of hydrogen-bond donors (Lipinski definition) is 2. The molecule has 0 aliphatic carbocycles. The molecule has 0 radical (unpaired) electrons. The summed E-state index contributed by atoms with van der Waals surface area (Å²) in [5, 5.41) is 5.23. The fraction of sp³-hybridized carbons (Fsp3) is 0.500. The van der Waals surface area contributed by atoms with Crippen LogP contribution in [-0.2, 0) is 9.59 Å². The number of hydrogen-bond acceptors (Lipinski definition) is 3. The first kappa shape index (κ1) is 17.3. The molecule has 0 aromatic heterocycles. The molecule has 1 fully saturated rings. The summed E-state index contributed by atoms with van der Waals surface area (Å²) in [6.07, 6.45) is 1.39. The fourth-order valence-corrected chi connectivity index (χ4v) is 2.74. The maximum absolute atomic E-state index is 13.2. The zero-order valence-electron chi connectivity index (χ0n) is 13.2. The topological polar surface area (TPSA) is 61.4 Å². The number of benzene rings is 1. The maximum atomic E-state index is 13.2. The second-order valence-electron chi connectivity index (χ2n) is 5.72. The van der Waals surface area contributed by atoms with Gasteiger partial charge >= 0.3 is 0 Å². The van der Waals surface area contributed by atoms with Crippen LogP contribution in [0.25, 0.3) is 0 Å². The molecule has 1 unspecified atom stereocenters. The van der Waals surface area contributed by atoms with Crippen molar-refractivity contribution in [2.24, 2.45) is 5.92 Å². The van der Waals surface area contributed by atoms with Crippen LogP contribution in [-0.4, -0.2) is 42.9 Å². The lowest BCUT2D eigenvalue weighted by Crippen LogP contribution is -2.47. The van der Waals surface area contributed by atoms with Gasteiger partial charge in [-0.1, -0.05) is 0 Å². The van der Waals surface area contributed by atoms with Crippen molar-refractivity contribution in [1.82, 2.24) is 10.2 Å². The van der Waals surface area contributed by atoms with Gasteiger partial charge in [0.05, 0.1) is 6.04 Å². The van der Waals surface area contributed by atoms with Crippen molar-refractivity contribution < 1.29 is 18.4 Å². The van der Waals surface area contributed by atoms with Crippen molar-refractivity contribution >= 4 is 17.5 Å². The fourth-order valence-electron chi connectivity index (χ4n) is 2.74. The van der Waals surface area contributed by atoms with E-state index in [2.05, 4.69) is 10.6 Å². The molecule has 2 N–H and O–H groups in total. The van der Waals surface area contributed by atoms with E-state index in [1.807, 2.05) is 4.90 Å². The van der Waals surface area contributed by atoms with Gasteiger partial charge in [-0.2, -0.15) is 0 Å². The largest absolute Gasteiger partial charge is 0.359 e. The van der Waals surface area contributed by atoms with Crippen LogP contribution in [0.3, 0.4) is 0 Å². The minimum atomic E-state index is -0.998. The van der Waals surface area contributed by atoms with E-state index in [9.17, 15) is 18.4 Å². The Morgan fingerprint density at radius 2 is 1.87 bits per heavy atom. The standard InChI is InChI=1S/C16H21F2N3O2/c1-10(21-7-5-11(6-8-21)16(23)19-2)15(22)20-12-3-4-13(17)14(18)9-12/h3-4,9-11H,5-8H2,1-2H3,(H,19,23)(H,20,22). The van der Waals surface area contributed by atoms with Gasteiger partial charge in [-0.25, -0.2) is 8.78 Å². The number of amides is 2. The summed E-state index contributed by atoms with van der Waals surface area (Å²) in [4.78, 5) is 25.8. The van der Waals surface area contributed by atoms with Crippen LogP contribution in [0, 0.1) is 17.6 Å². The zero-order valence-corrected chi connectivity index (χ0v) is 13.2. The van der Waals surface area contributed by atoms with E-state index >= 15 is 0 Å². The van der Waals surface area contributed by atoms with Gasteiger partial charge in [0, 0.05) is 24.7 Å². The Morgan fingerprint density at radius 3 is 2.43 bits per heavy atom. The minimum absolute atomic E-state index is 0.0160. The van der Waals surface area contributed by atoms with Crippen molar-refractivity contribution in [3.63, 3.8) is 0 Å². The van der Waals surface area contributed by atoms with Crippen LogP contribution >= 0.6 is 0 Å². The zero-order chi connectivity index (χ0) is 17.0. The first-order valence-corrected chi connectivity index (χ1v) is 7.64. The molecular weight excluding hydrogens is 304 g/mol. The second-order valence-corrected chi connectivity index (χ2v) is 5.72. The van der Waals surface area contributed by atoms with Gasteiger partial charge in [0.15, 0.2) is 11.6 Å². The van der Waals surface area contributed by atoms with Gasteiger partial charge in [0.2, 0.25) is 11.8 Å². The first-order valence-electron chi connectivity index (χ1n) is 7.64. The van der Waals surface area contributed by atoms with Gasteiger partial charge in [-0.05, 0) is 45.0 Å². The van der Waals surface area contributed by atoms with Crippen LogP contribution < -0.4 is 10.6 Å². The highest BCUT2D eigenvalue weighted by Gasteiger charge is 2.29. The minimum Gasteiger partial charge on any atom is -0.359 e. The van der Waals surface area contributed by atoms with E-state index in [-0.39, 0.29) is 23.4 Å². The predicted molar refractivity (Wildman–Crippen MR) is 82.8 cm³/mol. The summed E-state index contributed by atoms with van der Waals surface area (Å²) < 4.78 is 26.1. The molecule has 1 saturated heterocycles. The quantitative estimate of drug-likeness (QED) is 0.887. The highest BCUT2D eigenvalue weighted by atomic mass is 19.2. The number of likely N-dealkylation sites (tertiary alicyclic amines) is 1. The van der Waals surface area contributed by atoms with E-state index in [4.69, 9.17) is 0 Å². The van der Waals surface area contributed by atoms with Gasteiger partial charge in [-0.15, -0.1) is 0 Å². The summed E-state index contributed by atoms with van der Waals surface area (Å²) >= 11 is 0. The van der Waals surface area contributed by atoms with Gasteiger partial charge in [-0.3, -0.25) is 14.5 Å². The van der Waals surface area contributed by atoms with Gasteiger partial charge in [0.1, 0.15) is 0 Å². The molecule has 1 aromatic rings. The normalized spacial score (nSPS) is 17.6. The van der Waals surface area contributed by atoms with Crippen LogP contribution in [0.2, 0.25) is 0 Å². The predicted octanol–water partition coefficient (Wildman–Crippen LogP) is 1.75. The highest BCUT2D eigenvalue weighted by Crippen LogP contribution is 2.20. The average molecular weight is 325 g/mol. The van der Waals surface area contributed by atoms with Gasteiger partial charge in [0.25, 0.3) is 0 Å². The van der Waals surface area contributed by atoms with E-state index < -0.39 is 17.7 Å². The number of nitrogens with one attached hydrogen (secondary N) is 2. The molecule has 0 bridgehead atoms. The van der Waals surface area contributed by atoms with Crippen molar-refractivity contribution in [1.29, 1.82) is 0 Å². The molecule has 1 atom stereocenters. The third-order valence-electron chi connectivity index (χ3n) is 4.26. The number of halogens is 2. The number of rotatable bonds is 4. The molecular formula is C16H21F2N3O2. The summed E-state index contributed by atoms with van der Waals surface area (Å²) in [6.45, 7) is 3.05. The number of nitrogens with zero attached hydrogens (tertiary/aromatic N) is 1. The lowest BCUT2D eigenvalue weighted by molar-refractivity contribution is -0.126. The van der Waals surface area contributed by atoms with E-state index in [1.165, 1.54) is 6.07 Å². The summed E-state index contributed by atoms with van der Waals surface area (Å²) in [7, 11) is 1.62. The van der Waals surface area contributed by atoms with Crippen molar-refractivity contribution in [3.8, 4) is 0 Å². The molecule has 23 heavy (non-hydrogen) atoms. The molecule has 2 rings (SSSR count). The monoisotopic (exact) mass is 325 g/mol. The van der Waals surface area contributed by atoms with Crippen molar-refractivity contribution in [3.05, 3.63) is 29.8 Å². The second kappa shape index (κ2) is 7.50. The van der Waals surface area contributed by atoms with Crippen LogP contribution in [0.15, 0.2) is 18.2 Å². The van der Waals surface area contributed by atoms with Crippen LogP contribution in [0.4, 0.5) is 14.5 Å². The molecule has 0 saturated carbocycles. The summed E-state index contributed by atoms with van der Waals surface area (Å²) in [5.74, 6) is -2.22. The van der Waals surface area contributed by atoms with Gasteiger partial charge < -0.3 is 10.6 Å². The molecule has 0 spiro atoms. The lowest BCUT2D eigenvalue weighted by atomic mass is 9.95. The summed E-state index contributed by atoms with van der Waals surface area (Å²) in [5.41, 5.74) is 0.223. The van der Waals surface area contributed by atoms with E-state index in [0.29, 0.717) is 25.9 Å². The number of piperidine rings is 1. The smallest absolute Gasteiger partial charge is 0.241 e. The number of anilines is 1. The average Bonchev–Trinajstić information content (AvgIpc) is 2.57. The Kier molecular flexibility index (Phi) is 5.65. The SMILES string of the molecule is CNC(=O)C1CCN(C(C)C(=O)Nc2ccc(F)c(F)c2)CC1. The Labute approximate surface area is 134 Å². The van der Waals surface area contributed by atoms with Crippen LogP contribution in [0.1, 0.15) is 19.8 Å². The van der Waals surface area contributed by atoms with Crippen molar-refractivity contribution in [2.75, 3.05) is 25.5 Å². The maximum Gasteiger partial charge on any atom is 0.241 e. The number of carbonyl (C=O) groups is 2. The highest BCUT2D eigenvalue weighted by molar-refractivity contribution is 5.94. The molecule has 7 heteroatoms. The van der Waals surface area contributed by atoms with Crippen LogP contribution in [0.5, 0.6) is 0 Å². The molecule has 1 aliphatic heterocycles. The van der Waals surface area contributed by atoms with Crippen molar-refractivity contribution in [2.45, 2.75) is 25.8 Å². The molecule has 1 aromatic carbocycles. The molecule has 1 aliphatic rings. The molecule has 5 nitrogen and oxygen atoms in total. The Hall–Kier alpha value is -2.02. The Balaban J connectivity index is 1.90. The first-order chi connectivity index (χ1) is 10.9. The third kappa shape index (κ3) is 4.25. The Bertz CT molecular complexity index is 587. The van der Waals surface area contributed by atoms with E-state index in [0.717, 1.165) is 12.1 Å². The van der Waals surface area contributed by atoms with E-state index in [1.54, 1.807) is 14.0 Å². The molecule has 126 valence electrons. The number of carbonyl (C=O) groups excluding carboxylic acids is 2.